The Kier molecular flexibility index (Phi) is 1.93. The number of imide groups is 1. The number of aromatic amines is 1. The van der Waals surface area contributed by atoms with Gasteiger partial charge in [0.25, 0.3) is 0 Å². The number of likely N-dealkylation sites (tertiary alicyclic amines) is 1. The Morgan fingerprint density at radius 1 is 1.35 bits per heavy atom. The van der Waals surface area contributed by atoms with Crippen molar-refractivity contribution < 1.29 is 9.59 Å². The molecular formula is C11H14N4O2. The molecule has 2 fully saturated rings. The number of fused-ring (bicyclic) bond motifs is 1. The summed E-state index contributed by atoms with van der Waals surface area (Å²) in [6, 6.07) is 0. The lowest BCUT2D eigenvalue weighted by Crippen LogP contribution is -2.37. The third-order valence-corrected chi connectivity index (χ3v) is 3.93. The van der Waals surface area contributed by atoms with Gasteiger partial charge in [-0.25, -0.2) is 4.98 Å². The minimum atomic E-state index is -0.128. The first-order valence-electron chi connectivity index (χ1n) is 5.73. The Morgan fingerprint density at radius 3 is 2.53 bits per heavy atom. The molecule has 90 valence electrons. The number of aromatic nitrogens is 3. The van der Waals surface area contributed by atoms with Crippen LogP contribution in [0.5, 0.6) is 0 Å². The molecule has 2 amide bonds. The van der Waals surface area contributed by atoms with Gasteiger partial charge in [0.15, 0.2) is 0 Å². The standard InChI is InChI=1S/C11H14N4O2/c1-11(2)7-8(11)10(17)15(9(7)16)4-3-6-12-5-13-14-6/h5,7-8H,3-4H2,1-2H3,(H,12,13,14). The van der Waals surface area contributed by atoms with Gasteiger partial charge in [0.05, 0.1) is 11.8 Å². The summed E-state index contributed by atoms with van der Waals surface area (Å²) in [5.74, 6) is 0.467. The zero-order chi connectivity index (χ0) is 12.2. The Bertz CT molecular complexity index is 456. The average Bonchev–Trinajstić information content (AvgIpc) is 2.67. The predicted molar refractivity (Wildman–Crippen MR) is 57.6 cm³/mol. The number of hydrogen-bond donors (Lipinski definition) is 1. The van der Waals surface area contributed by atoms with E-state index in [0.29, 0.717) is 18.8 Å². The van der Waals surface area contributed by atoms with Crippen molar-refractivity contribution in [2.24, 2.45) is 17.3 Å². The molecule has 0 radical (unpaired) electrons. The van der Waals surface area contributed by atoms with Gasteiger partial charge in [-0.2, -0.15) is 5.10 Å². The highest BCUT2D eigenvalue weighted by molar-refractivity contribution is 6.10. The van der Waals surface area contributed by atoms with Gasteiger partial charge in [-0.05, 0) is 5.41 Å². The van der Waals surface area contributed by atoms with Gasteiger partial charge in [-0.15, -0.1) is 0 Å². The molecule has 2 unspecified atom stereocenters. The first-order valence-corrected chi connectivity index (χ1v) is 5.73. The van der Waals surface area contributed by atoms with E-state index in [9.17, 15) is 9.59 Å². The van der Waals surface area contributed by atoms with Gasteiger partial charge in [0, 0.05) is 13.0 Å². The summed E-state index contributed by atoms with van der Waals surface area (Å²) < 4.78 is 0. The summed E-state index contributed by atoms with van der Waals surface area (Å²) in [5.41, 5.74) is -0.128. The van der Waals surface area contributed by atoms with Crippen LogP contribution in [-0.2, 0) is 16.0 Å². The number of H-pyrrole nitrogens is 1. The molecule has 2 heterocycles. The van der Waals surface area contributed by atoms with Gasteiger partial charge < -0.3 is 0 Å². The highest BCUT2D eigenvalue weighted by Crippen LogP contribution is 2.63. The van der Waals surface area contributed by atoms with Crippen LogP contribution in [0.4, 0.5) is 0 Å². The lowest BCUT2D eigenvalue weighted by atomic mass is 10.1. The fraction of sp³-hybridized carbons (Fsp3) is 0.636. The molecule has 1 saturated carbocycles. The summed E-state index contributed by atoms with van der Waals surface area (Å²) in [7, 11) is 0. The van der Waals surface area contributed by atoms with Crippen molar-refractivity contribution in [3.8, 4) is 0 Å². The van der Waals surface area contributed by atoms with Gasteiger partial charge in [-0.3, -0.25) is 19.6 Å². The Morgan fingerprint density at radius 2 is 2.00 bits per heavy atom. The molecule has 3 rings (SSSR count). The van der Waals surface area contributed by atoms with Gasteiger partial charge in [0.2, 0.25) is 11.8 Å². The van der Waals surface area contributed by atoms with Gasteiger partial charge >= 0.3 is 0 Å². The van der Waals surface area contributed by atoms with Crippen LogP contribution in [0.1, 0.15) is 19.7 Å². The first-order chi connectivity index (χ1) is 8.03. The van der Waals surface area contributed by atoms with Crippen molar-refractivity contribution in [2.45, 2.75) is 20.3 Å². The molecule has 1 saturated heterocycles. The van der Waals surface area contributed by atoms with E-state index in [4.69, 9.17) is 0 Å². The quantitative estimate of drug-likeness (QED) is 0.746. The molecule has 1 aromatic heterocycles. The highest BCUT2D eigenvalue weighted by atomic mass is 16.2. The molecule has 2 atom stereocenters. The van der Waals surface area contributed by atoms with E-state index in [1.807, 2.05) is 13.8 Å². The second-order valence-electron chi connectivity index (χ2n) is 5.29. The lowest BCUT2D eigenvalue weighted by molar-refractivity contribution is -0.142. The number of carbonyl (C=O) groups excluding carboxylic acids is 2. The third kappa shape index (κ3) is 1.33. The van der Waals surface area contributed by atoms with Crippen molar-refractivity contribution in [2.75, 3.05) is 6.54 Å². The van der Waals surface area contributed by atoms with Crippen molar-refractivity contribution in [3.05, 3.63) is 12.2 Å². The monoisotopic (exact) mass is 234 g/mol. The minimum Gasteiger partial charge on any atom is -0.282 e. The van der Waals surface area contributed by atoms with E-state index in [0.717, 1.165) is 0 Å². The number of piperidine rings is 1. The van der Waals surface area contributed by atoms with Crippen LogP contribution >= 0.6 is 0 Å². The summed E-state index contributed by atoms with van der Waals surface area (Å²) in [6.07, 6.45) is 1.96. The zero-order valence-corrected chi connectivity index (χ0v) is 9.80. The number of nitrogens with zero attached hydrogens (tertiary/aromatic N) is 3. The average molecular weight is 234 g/mol. The van der Waals surface area contributed by atoms with Gasteiger partial charge in [0.1, 0.15) is 12.2 Å². The Labute approximate surface area is 98.4 Å². The number of rotatable bonds is 3. The maximum Gasteiger partial charge on any atom is 0.233 e. The van der Waals surface area contributed by atoms with Crippen molar-refractivity contribution in [1.29, 1.82) is 0 Å². The van der Waals surface area contributed by atoms with E-state index in [1.54, 1.807) is 0 Å². The molecule has 2 aliphatic rings. The molecule has 0 spiro atoms. The first kappa shape index (κ1) is 10.4. The van der Waals surface area contributed by atoms with Crippen molar-refractivity contribution in [3.63, 3.8) is 0 Å². The Balaban J connectivity index is 1.67. The lowest BCUT2D eigenvalue weighted by Gasteiger charge is -2.19. The summed E-state index contributed by atoms with van der Waals surface area (Å²) in [6.45, 7) is 4.35. The molecule has 1 aliphatic carbocycles. The highest BCUT2D eigenvalue weighted by Gasteiger charge is 2.72. The van der Waals surface area contributed by atoms with Crippen LogP contribution in [0.15, 0.2) is 6.33 Å². The maximum absolute atomic E-state index is 12.0. The zero-order valence-electron chi connectivity index (χ0n) is 9.80. The third-order valence-electron chi connectivity index (χ3n) is 3.93. The van der Waals surface area contributed by atoms with Crippen molar-refractivity contribution in [1.82, 2.24) is 20.1 Å². The minimum absolute atomic E-state index is 0.0236. The van der Waals surface area contributed by atoms with Crippen LogP contribution in [0, 0.1) is 17.3 Å². The molecule has 0 bridgehead atoms. The SMILES string of the molecule is CC1(C)C2C(=O)N(CCc3ncn[nH]3)C(=O)C21. The van der Waals surface area contributed by atoms with Crippen LogP contribution in [0.25, 0.3) is 0 Å². The van der Waals surface area contributed by atoms with Crippen LogP contribution in [0.2, 0.25) is 0 Å². The topological polar surface area (TPSA) is 79.0 Å². The second-order valence-corrected chi connectivity index (χ2v) is 5.29. The van der Waals surface area contributed by atoms with E-state index in [1.165, 1.54) is 11.2 Å². The molecule has 1 aliphatic heterocycles. The molecule has 0 aromatic carbocycles. The summed E-state index contributed by atoms with van der Waals surface area (Å²) in [5, 5.41) is 6.45. The maximum atomic E-state index is 12.0. The Hall–Kier alpha value is -1.72. The molecule has 1 aromatic rings. The van der Waals surface area contributed by atoms with E-state index >= 15 is 0 Å². The van der Waals surface area contributed by atoms with Crippen LogP contribution < -0.4 is 0 Å². The molecule has 1 N–H and O–H groups in total. The van der Waals surface area contributed by atoms with Crippen LogP contribution in [0.3, 0.4) is 0 Å². The van der Waals surface area contributed by atoms with E-state index < -0.39 is 0 Å². The fourth-order valence-corrected chi connectivity index (χ4v) is 2.79. The van der Waals surface area contributed by atoms with E-state index in [-0.39, 0.29) is 29.1 Å². The molecule has 6 heteroatoms. The summed E-state index contributed by atoms with van der Waals surface area (Å²) >= 11 is 0. The van der Waals surface area contributed by atoms with Crippen LogP contribution in [-0.4, -0.2) is 38.4 Å². The molecular weight excluding hydrogens is 220 g/mol. The number of amides is 2. The fourth-order valence-electron chi connectivity index (χ4n) is 2.79. The smallest absolute Gasteiger partial charge is 0.233 e. The normalized spacial score (nSPS) is 29.6. The number of hydrogen-bond acceptors (Lipinski definition) is 4. The largest absolute Gasteiger partial charge is 0.282 e. The van der Waals surface area contributed by atoms with Gasteiger partial charge in [-0.1, -0.05) is 13.8 Å². The second kappa shape index (κ2) is 3.15. The van der Waals surface area contributed by atoms with Crippen molar-refractivity contribution >= 4 is 11.8 Å². The van der Waals surface area contributed by atoms with E-state index in [2.05, 4.69) is 15.2 Å². The summed E-state index contributed by atoms with van der Waals surface area (Å²) in [4.78, 5) is 29.3. The predicted octanol–water partition coefficient (Wildman–Crippen LogP) is -0.0118. The molecule has 17 heavy (non-hydrogen) atoms. The molecule has 6 nitrogen and oxygen atoms in total. The number of carbonyl (C=O) groups is 2. The number of nitrogens with one attached hydrogen (secondary N) is 1.